The summed E-state index contributed by atoms with van der Waals surface area (Å²) in [5.74, 6) is -0.0133. The molecule has 0 unspecified atom stereocenters. The van der Waals surface area contributed by atoms with Crippen LogP contribution >= 0.6 is 11.3 Å². The first-order valence-corrected chi connectivity index (χ1v) is 8.09. The molecular formula is C17H18N2O4S. The van der Waals surface area contributed by atoms with Crippen LogP contribution in [0.2, 0.25) is 0 Å². The molecular weight excluding hydrogens is 328 g/mol. The fourth-order valence-corrected chi connectivity index (χ4v) is 2.27. The van der Waals surface area contributed by atoms with Crippen molar-refractivity contribution < 1.29 is 19.1 Å². The average Bonchev–Trinajstić information content (AvgIpc) is 3.00. The highest BCUT2D eigenvalue weighted by molar-refractivity contribution is 7.12. The summed E-state index contributed by atoms with van der Waals surface area (Å²) in [7, 11) is 0. The van der Waals surface area contributed by atoms with Crippen molar-refractivity contribution in [2.75, 3.05) is 0 Å². The van der Waals surface area contributed by atoms with E-state index in [1.54, 1.807) is 57.2 Å². The molecule has 0 saturated carbocycles. The molecule has 0 saturated heterocycles. The van der Waals surface area contributed by atoms with Gasteiger partial charge in [0.1, 0.15) is 16.2 Å². The summed E-state index contributed by atoms with van der Waals surface area (Å²) >= 11 is 1.31. The van der Waals surface area contributed by atoms with E-state index in [1.165, 1.54) is 17.6 Å². The second-order valence-corrected chi connectivity index (χ2v) is 6.76. The highest BCUT2D eigenvalue weighted by atomic mass is 32.1. The number of hydrazone groups is 1. The topological polar surface area (TPSA) is 77.0 Å². The zero-order valence-corrected chi connectivity index (χ0v) is 14.4. The Kier molecular flexibility index (Phi) is 5.70. The number of nitrogens with zero attached hydrogens (tertiary/aromatic N) is 1. The molecule has 1 N–H and O–H groups in total. The molecule has 24 heavy (non-hydrogen) atoms. The van der Waals surface area contributed by atoms with Gasteiger partial charge >= 0.3 is 12.1 Å². The molecule has 0 spiro atoms. The highest BCUT2D eigenvalue weighted by Gasteiger charge is 2.15. The molecule has 0 radical (unpaired) electrons. The van der Waals surface area contributed by atoms with E-state index < -0.39 is 17.7 Å². The minimum absolute atomic E-state index is 0.398. The Morgan fingerprint density at radius 2 is 2.00 bits per heavy atom. The predicted octanol–water partition coefficient (Wildman–Crippen LogP) is 3.83. The van der Waals surface area contributed by atoms with Crippen LogP contribution in [0, 0.1) is 0 Å². The molecule has 0 bridgehead atoms. The lowest BCUT2D eigenvalue weighted by molar-refractivity contribution is 0.0529. The minimum Gasteiger partial charge on any atom is -0.443 e. The van der Waals surface area contributed by atoms with Gasteiger partial charge in [0.15, 0.2) is 0 Å². The molecule has 126 valence electrons. The van der Waals surface area contributed by atoms with Gasteiger partial charge in [0.2, 0.25) is 0 Å². The summed E-state index contributed by atoms with van der Waals surface area (Å²) < 4.78 is 10.4. The molecule has 0 atom stereocenters. The van der Waals surface area contributed by atoms with E-state index in [0.29, 0.717) is 16.2 Å². The second-order valence-electron chi connectivity index (χ2n) is 5.81. The maximum atomic E-state index is 11.9. The van der Waals surface area contributed by atoms with Gasteiger partial charge in [0.25, 0.3) is 0 Å². The maximum Gasteiger partial charge on any atom is 0.428 e. The van der Waals surface area contributed by atoms with Gasteiger partial charge in [0, 0.05) is 0 Å². The quantitative estimate of drug-likeness (QED) is 0.395. The van der Waals surface area contributed by atoms with Gasteiger partial charge in [-0.15, -0.1) is 11.3 Å². The number of hydrogen-bond acceptors (Lipinski definition) is 6. The zero-order chi connectivity index (χ0) is 17.6. The molecule has 2 aromatic rings. The Bertz CT molecular complexity index is 733. The Morgan fingerprint density at radius 3 is 2.67 bits per heavy atom. The van der Waals surface area contributed by atoms with E-state index >= 15 is 0 Å². The van der Waals surface area contributed by atoms with Crippen LogP contribution in [0.3, 0.4) is 0 Å². The molecule has 1 aromatic heterocycles. The fraction of sp³-hybridized carbons (Fsp3) is 0.235. The summed E-state index contributed by atoms with van der Waals surface area (Å²) in [5.41, 5.74) is 2.35. The minimum atomic E-state index is -0.640. The number of carbonyl (C=O) groups excluding carboxylic acids is 2. The van der Waals surface area contributed by atoms with Crippen LogP contribution in [0.1, 0.15) is 36.0 Å². The number of benzene rings is 1. The van der Waals surface area contributed by atoms with Gasteiger partial charge in [-0.3, -0.25) is 0 Å². The Labute approximate surface area is 144 Å². The van der Waals surface area contributed by atoms with E-state index in [-0.39, 0.29) is 0 Å². The lowest BCUT2D eigenvalue weighted by Crippen LogP contribution is -2.29. The molecule has 7 heteroatoms. The number of hydrogen-bond donors (Lipinski definition) is 1. The summed E-state index contributed by atoms with van der Waals surface area (Å²) in [6, 6.07) is 10.3. The third-order valence-corrected chi connectivity index (χ3v) is 3.41. The number of thiophene rings is 1. The van der Waals surface area contributed by atoms with Crippen molar-refractivity contribution in [2.24, 2.45) is 5.10 Å². The van der Waals surface area contributed by atoms with Crippen LogP contribution < -0.4 is 10.2 Å². The van der Waals surface area contributed by atoms with Gasteiger partial charge < -0.3 is 9.47 Å². The van der Waals surface area contributed by atoms with E-state index in [4.69, 9.17) is 9.47 Å². The van der Waals surface area contributed by atoms with Crippen LogP contribution in [0.25, 0.3) is 0 Å². The lowest BCUT2D eigenvalue weighted by atomic mass is 10.2. The number of rotatable bonds is 4. The Hall–Kier alpha value is -2.67. The maximum absolute atomic E-state index is 11.9. The second kappa shape index (κ2) is 7.74. The summed E-state index contributed by atoms with van der Waals surface area (Å²) in [6.45, 7) is 5.30. The van der Waals surface area contributed by atoms with Gasteiger partial charge in [-0.05, 0) is 49.9 Å². The van der Waals surface area contributed by atoms with Crippen LogP contribution in [0.15, 0.2) is 46.9 Å². The van der Waals surface area contributed by atoms with E-state index in [0.717, 1.165) is 0 Å². The van der Waals surface area contributed by atoms with Crippen molar-refractivity contribution in [3.8, 4) is 5.75 Å². The van der Waals surface area contributed by atoms with Crippen LogP contribution in [0.5, 0.6) is 5.75 Å². The SMILES string of the molecule is CC(C)(C)OC(=O)NN=Cc1cccc(OC(=O)c2cccs2)c1. The molecule has 0 aliphatic heterocycles. The first-order valence-electron chi connectivity index (χ1n) is 7.21. The number of amides is 1. The van der Waals surface area contributed by atoms with Gasteiger partial charge in [-0.1, -0.05) is 18.2 Å². The smallest absolute Gasteiger partial charge is 0.428 e. The number of carbonyl (C=O) groups is 2. The molecule has 6 nitrogen and oxygen atoms in total. The van der Waals surface area contributed by atoms with Gasteiger partial charge in [-0.2, -0.15) is 5.10 Å². The largest absolute Gasteiger partial charge is 0.443 e. The first-order chi connectivity index (χ1) is 11.3. The highest BCUT2D eigenvalue weighted by Crippen LogP contribution is 2.16. The van der Waals surface area contributed by atoms with Crippen molar-refractivity contribution in [3.05, 3.63) is 52.2 Å². The van der Waals surface area contributed by atoms with Crippen molar-refractivity contribution in [3.63, 3.8) is 0 Å². The molecule has 0 aliphatic carbocycles. The average molecular weight is 346 g/mol. The van der Waals surface area contributed by atoms with E-state index in [2.05, 4.69) is 10.5 Å². The number of nitrogens with one attached hydrogen (secondary N) is 1. The normalized spacial score (nSPS) is 11.3. The molecule has 0 aliphatic rings. The van der Waals surface area contributed by atoms with Crippen molar-refractivity contribution in [1.29, 1.82) is 0 Å². The predicted molar refractivity (Wildman–Crippen MR) is 92.7 cm³/mol. The number of esters is 1. The third-order valence-electron chi connectivity index (χ3n) is 2.56. The number of ether oxygens (including phenoxy) is 2. The Balaban J connectivity index is 1.94. The fourth-order valence-electron chi connectivity index (χ4n) is 1.67. The van der Waals surface area contributed by atoms with E-state index in [1.807, 2.05) is 5.38 Å². The zero-order valence-electron chi connectivity index (χ0n) is 13.6. The molecule has 1 heterocycles. The van der Waals surface area contributed by atoms with Crippen LogP contribution in [-0.2, 0) is 4.74 Å². The van der Waals surface area contributed by atoms with Gasteiger partial charge in [-0.25, -0.2) is 15.0 Å². The van der Waals surface area contributed by atoms with Gasteiger partial charge in [0.05, 0.1) is 6.21 Å². The molecule has 1 amide bonds. The summed E-state index contributed by atoms with van der Waals surface area (Å²) in [6.07, 6.45) is 0.797. The van der Waals surface area contributed by atoms with Crippen LogP contribution in [0.4, 0.5) is 4.79 Å². The van der Waals surface area contributed by atoms with Crippen molar-refractivity contribution in [2.45, 2.75) is 26.4 Å². The Morgan fingerprint density at radius 1 is 1.21 bits per heavy atom. The molecule has 2 rings (SSSR count). The van der Waals surface area contributed by atoms with Crippen molar-refractivity contribution in [1.82, 2.24) is 5.43 Å². The summed E-state index contributed by atoms with van der Waals surface area (Å²) in [4.78, 5) is 23.9. The standard InChI is InChI=1S/C17H18N2O4S/c1-17(2,3)23-16(21)19-18-11-12-6-4-7-13(10-12)22-15(20)14-8-5-9-24-14/h4-11H,1-3H3,(H,19,21). The van der Waals surface area contributed by atoms with E-state index in [9.17, 15) is 9.59 Å². The third kappa shape index (κ3) is 5.85. The molecule has 0 fully saturated rings. The lowest BCUT2D eigenvalue weighted by Gasteiger charge is -2.18. The van der Waals surface area contributed by atoms with Crippen LogP contribution in [-0.4, -0.2) is 23.9 Å². The molecule has 1 aromatic carbocycles. The first kappa shape index (κ1) is 17.7. The monoisotopic (exact) mass is 346 g/mol. The van der Waals surface area contributed by atoms with Crippen molar-refractivity contribution >= 4 is 29.6 Å². The summed E-state index contributed by atoms with van der Waals surface area (Å²) in [5, 5.41) is 5.62.